The van der Waals surface area contributed by atoms with Crippen LogP contribution in [0.1, 0.15) is 24.6 Å². The van der Waals surface area contributed by atoms with Gasteiger partial charge in [0.25, 0.3) is 0 Å². The van der Waals surface area contributed by atoms with E-state index >= 15 is 0 Å². The lowest BCUT2D eigenvalue weighted by atomic mass is 10.1. The zero-order valence-electron chi connectivity index (χ0n) is 14.9. The second-order valence-electron chi connectivity index (χ2n) is 6.21. The standard InChI is InChI=1S/C19H25N3O3/c1-3-25-17-7-4-15(5-8-17)6-9-19(23)21-12-16-10-11-20-22(16)14-18(13-21)24-2/h4-5,7-8,10-11,18H,3,6,9,12-14H2,1-2H3. The van der Waals surface area contributed by atoms with E-state index in [0.717, 1.165) is 23.4 Å². The Bertz CT molecular complexity index is 696. The van der Waals surface area contributed by atoms with E-state index in [4.69, 9.17) is 9.47 Å². The van der Waals surface area contributed by atoms with Crippen molar-refractivity contribution in [3.05, 3.63) is 47.8 Å². The number of methoxy groups -OCH3 is 1. The van der Waals surface area contributed by atoms with Crippen molar-refractivity contribution in [3.8, 4) is 5.75 Å². The van der Waals surface area contributed by atoms with Crippen LogP contribution in [0.4, 0.5) is 0 Å². The van der Waals surface area contributed by atoms with Crippen LogP contribution in [-0.4, -0.2) is 47.0 Å². The third-order valence-corrected chi connectivity index (χ3v) is 4.51. The van der Waals surface area contributed by atoms with E-state index in [0.29, 0.717) is 32.7 Å². The molecule has 1 aromatic heterocycles. The van der Waals surface area contributed by atoms with Gasteiger partial charge in [-0.15, -0.1) is 0 Å². The average Bonchev–Trinajstić information content (AvgIpc) is 2.98. The fourth-order valence-corrected chi connectivity index (χ4v) is 3.08. The smallest absolute Gasteiger partial charge is 0.223 e. The Balaban J connectivity index is 1.60. The van der Waals surface area contributed by atoms with Crippen molar-refractivity contribution < 1.29 is 14.3 Å². The first kappa shape index (κ1) is 17.5. The molecule has 6 heteroatoms. The maximum atomic E-state index is 12.7. The molecule has 1 aliphatic heterocycles. The van der Waals surface area contributed by atoms with Crippen LogP contribution in [0.5, 0.6) is 5.75 Å². The molecule has 25 heavy (non-hydrogen) atoms. The highest BCUT2D eigenvalue weighted by Gasteiger charge is 2.25. The van der Waals surface area contributed by atoms with Crippen molar-refractivity contribution in [1.82, 2.24) is 14.7 Å². The number of nitrogens with zero attached hydrogens (tertiary/aromatic N) is 3. The lowest BCUT2D eigenvalue weighted by molar-refractivity contribution is -0.133. The molecule has 0 fully saturated rings. The fourth-order valence-electron chi connectivity index (χ4n) is 3.08. The second-order valence-corrected chi connectivity index (χ2v) is 6.21. The van der Waals surface area contributed by atoms with E-state index in [2.05, 4.69) is 5.10 Å². The number of hydrogen-bond donors (Lipinski definition) is 0. The first-order chi connectivity index (χ1) is 12.2. The van der Waals surface area contributed by atoms with E-state index in [1.807, 2.05) is 46.8 Å². The topological polar surface area (TPSA) is 56.6 Å². The summed E-state index contributed by atoms with van der Waals surface area (Å²) in [5.41, 5.74) is 2.19. The summed E-state index contributed by atoms with van der Waals surface area (Å²) >= 11 is 0. The molecule has 2 aromatic rings. The van der Waals surface area contributed by atoms with Gasteiger partial charge in [-0.3, -0.25) is 9.48 Å². The molecule has 1 atom stereocenters. The van der Waals surface area contributed by atoms with E-state index in [-0.39, 0.29) is 12.0 Å². The first-order valence-corrected chi connectivity index (χ1v) is 8.72. The predicted octanol–water partition coefficient (Wildman–Crippen LogP) is 2.27. The molecule has 1 aliphatic rings. The molecule has 0 aliphatic carbocycles. The van der Waals surface area contributed by atoms with Gasteiger partial charge in [0.1, 0.15) is 5.75 Å². The maximum absolute atomic E-state index is 12.7. The molecule has 0 saturated heterocycles. The number of carbonyl (C=O) groups is 1. The summed E-state index contributed by atoms with van der Waals surface area (Å²) in [6, 6.07) is 9.91. The van der Waals surface area contributed by atoms with Crippen molar-refractivity contribution >= 4 is 5.91 Å². The number of hydrogen-bond acceptors (Lipinski definition) is 4. The molecule has 1 amide bonds. The summed E-state index contributed by atoms with van der Waals surface area (Å²) in [4.78, 5) is 14.6. The van der Waals surface area contributed by atoms with Crippen LogP contribution >= 0.6 is 0 Å². The predicted molar refractivity (Wildman–Crippen MR) is 94.4 cm³/mol. The summed E-state index contributed by atoms with van der Waals surface area (Å²) in [5.74, 6) is 1.01. The number of aromatic nitrogens is 2. The number of fused-ring (bicyclic) bond motifs is 1. The van der Waals surface area contributed by atoms with Crippen molar-refractivity contribution in [1.29, 1.82) is 0 Å². The van der Waals surface area contributed by atoms with Crippen LogP contribution in [-0.2, 0) is 29.0 Å². The van der Waals surface area contributed by atoms with Gasteiger partial charge in [0.2, 0.25) is 5.91 Å². The third kappa shape index (κ3) is 4.39. The highest BCUT2D eigenvalue weighted by atomic mass is 16.5. The van der Waals surface area contributed by atoms with Crippen molar-refractivity contribution in [3.63, 3.8) is 0 Å². The summed E-state index contributed by atoms with van der Waals surface area (Å²) in [5, 5.41) is 4.31. The molecule has 6 nitrogen and oxygen atoms in total. The van der Waals surface area contributed by atoms with Crippen LogP contribution in [0.3, 0.4) is 0 Å². The minimum absolute atomic E-state index is 0.0319. The Morgan fingerprint density at radius 1 is 1.24 bits per heavy atom. The third-order valence-electron chi connectivity index (χ3n) is 4.51. The van der Waals surface area contributed by atoms with Gasteiger partial charge in [-0.05, 0) is 37.1 Å². The zero-order valence-corrected chi connectivity index (χ0v) is 14.9. The maximum Gasteiger partial charge on any atom is 0.223 e. The molecule has 0 bridgehead atoms. The van der Waals surface area contributed by atoms with Gasteiger partial charge in [0.05, 0.1) is 31.5 Å². The molecule has 0 radical (unpaired) electrons. The zero-order chi connectivity index (χ0) is 17.6. The van der Waals surface area contributed by atoms with Gasteiger partial charge in [-0.25, -0.2) is 0 Å². The lowest BCUT2D eigenvalue weighted by Gasteiger charge is -2.23. The molecule has 1 unspecified atom stereocenters. The van der Waals surface area contributed by atoms with Crippen LogP contribution in [0.25, 0.3) is 0 Å². The first-order valence-electron chi connectivity index (χ1n) is 8.72. The Labute approximate surface area is 148 Å². The number of aryl methyl sites for hydroxylation is 1. The second kappa shape index (κ2) is 8.16. The monoisotopic (exact) mass is 343 g/mol. The molecule has 134 valence electrons. The van der Waals surface area contributed by atoms with Gasteiger partial charge in [0, 0.05) is 26.3 Å². The van der Waals surface area contributed by atoms with Crippen LogP contribution in [0.15, 0.2) is 36.5 Å². The Morgan fingerprint density at radius 2 is 2.04 bits per heavy atom. The summed E-state index contributed by atoms with van der Waals surface area (Å²) in [6.07, 6.45) is 2.95. The highest BCUT2D eigenvalue weighted by Crippen LogP contribution is 2.17. The molecule has 3 rings (SSSR count). The summed E-state index contributed by atoms with van der Waals surface area (Å²) in [6.45, 7) is 4.49. The largest absolute Gasteiger partial charge is 0.494 e. The number of benzene rings is 1. The fraction of sp³-hybridized carbons (Fsp3) is 0.474. The van der Waals surface area contributed by atoms with Crippen molar-refractivity contribution in [2.24, 2.45) is 0 Å². The Kier molecular flexibility index (Phi) is 5.71. The quantitative estimate of drug-likeness (QED) is 0.807. The number of rotatable bonds is 6. The van der Waals surface area contributed by atoms with Crippen LogP contribution in [0, 0.1) is 0 Å². The lowest BCUT2D eigenvalue weighted by Crippen LogP contribution is -2.37. The molecule has 1 aromatic carbocycles. The molecule has 0 N–H and O–H groups in total. The van der Waals surface area contributed by atoms with Crippen molar-refractivity contribution in [2.45, 2.75) is 39.0 Å². The van der Waals surface area contributed by atoms with Gasteiger partial charge in [-0.2, -0.15) is 5.10 Å². The van der Waals surface area contributed by atoms with E-state index in [9.17, 15) is 4.79 Å². The number of amides is 1. The van der Waals surface area contributed by atoms with Gasteiger partial charge in [-0.1, -0.05) is 12.1 Å². The molecule has 2 heterocycles. The van der Waals surface area contributed by atoms with Gasteiger partial charge < -0.3 is 14.4 Å². The van der Waals surface area contributed by atoms with E-state index in [1.165, 1.54) is 0 Å². The normalized spacial score (nSPS) is 17.0. The summed E-state index contributed by atoms with van der Waals surface area (Å²) in [7, 11) is 1.68. The average molecular weight is 343 g/mol. The van der Waals surface area contributed by atoms with Crippen molar-refractivity contribution in [2.75, 3.05) is 20.3 Å². The summed E-state index contributed by atoms with van der Waals surface area (Å²) < 4.78 is 12.9. The van der Waals surface area contributed by atoms with E-state index < -0.39 is 0 Å². The molecular formula is C19H25N3O3. The highest BCUT2D eigenvalue weighted by molar-refractivity contribution is 5.76. The molecule has 0 saturated carbocycles. The van der Waals surface area contributed by atoms with Gasteiger partial charge >= 0.3 is 0 Å². The van der Waals surface area contributed by atoms with Crippen LogP contribution < -0.4 is 4.74 Å². The van der Waals surface area contributed by atoms with Gasteiger partial charge in [0.15, 0.2) is 0 Å². The number of ether oxygens (including phenoxy) is 2. The Morgan fingerprint density at radius 3 is 2.76 bits per heavy atom. The number of carbonyl (C=O) groups excluding carboxylic acids is 1. The molecule has 0 spiro atoms. The van der Waals surface area contributed by atoms with E-state index in [1.54, 1.807) is 13.3 Å². The Hall–Kier alpha value is -2.34. The van der Waals surface area contributed by atoms with Crippen LogP contribution in [0.2, 0.25) is 0 Å². The SMILES string of the molecule is CCOc1ccc(CCC(=O)N2Cc3ccnn3CC(OC)C2)cc1. The minimum atomic E-state index is -0.0319. The molecular weight excluding hydrogens is 318 g/mol. The minimum Gasteiger partial charge on any atom is -0.494 e.